The van der Waals surface area contributed by atoms with E-state index >= 15 is 0 Å². The number of nitrogens with zero attached hydrogens (tertiary/aromatic N) is 2. The third-order valence-corrected chi connectivity index (χ3v) is 6.49. The van der Waals surface area contributed by atoms with Gasteiger partial charge in [-0.1, -0.05) is 59.5 Å². The van der Waals surface area contributed by atoms with E-state index in [2.05, 4.69) is 26.1 Å². The molecule has 0 spiro atoms. The zero-order valence-corrected chi connectivity index (χ0v) is 19.4. The van der Waals surface area contributed by atoms with Crippen molar-refractivity contribution in [1.29, 1.82) is 0 Å². The predicted molar refractivity (Wildman–Crippen MR) is 134 cm³/mol. The minimum Gasteiger partial charge on any atom is -0.330 e. The molecule has 0 unspecified atom stereocenters. The van der Waals surface area contributed by atoms with E-state index in [1.165, 1.54) is 18.3 Å². The van der Waals surface area contributed by atoms with Gasteiger partial charge in [-0.05, 0) is 48.0 Å². The van der Waals surface area contributed by atoms with Gasteiger partial charge in [0.05, 0.1) is 0 Å². The van der Waals surface area contributed by atoms with Gasteiger partial charge < -0.3 is 16.0 Å². The number of amides is 2. The molecule has 4 rings (SSSR count). The smallest absolute Gasteiger partial charge is 0.255 e. The van der Waals surface area contributed by atoms with E-state index in [-0.39, 0.29) is 11.8 Å². The van der Waals surface area contributed by atoms with Crippen molar-refractivity contribution in [2.75, 3.05) is 16.0 Å². The van der Waals surface area contributed by atoms with Crippen LogP contribution in [-0.4, -0.2) is 22.0 Å². The Kier molecular flexibility index (Phi) is 7.33. The highest BCUT2D eigenvalue weighted by Crippen LogP contribution is 2.30. The van der Waals surface area contributed by atoms with Crippen molar-refractivity contribution in [1.82, 2.24) is 10.2 Å². The van der Waals surface area contributed by atoms with E-state index in [4.69, 9.17) is 0 Å². The van der Waals surface area contributed by atoms with Gasteiger partial charge in [-0.25, -0.2) is 0 Å². The largest absolute Gasteiger partial charge is 0.330 e. The number of hydrogen-bond donors (Lipinski definition) is 3. The molecule has 0 bridgehead atoms. The molecule has 0 saturated carbocycles. The number of para-hydroxylation sites is 1. The Hall–Kier alpha value is -3.69. The minimum atomic E-state index is -0.136. The van der Waals surface area contributed by atoms with Gasteiger partial charge >= 0.3 is 0 Å². The lowest BCUT2D eigenvalue weighted by molar-refractivity contribution is -0.114. The van der Waals surface area contributed by atoms with Gasteiger partial charge in [0.25, 0.3) is 5.91 Å². The highest BCUT2D eigenvalue weighted by Gasteiger charge is 2.09. The Morgan fingerprint density at radius 2 is 1.58 bits per heavy atom. The van der Waals surface area contributed by atoms with Crippen LogP contribution >= 0.6 is 23.1 Å². The molecule has 1 aromatic heterocycles. The summed E-state index contributed by atoms with van der Waals surface area (Å²) in [5.41, 5.74) is 4.00. The number of carbonyl (C=O) groups is 2. The first-order valence-electron chi connectivity index (χ1n) is 10.1. The van der Waals surface area contributed by atoms with Gasteiger partial charge in [0.1, 0.15) is 0 Å². The third-order valence-electron chi connectivity index (χ3n) is 4.45. The van der Waals surface area contributed by atoms with Crippen LogP contribution < -0.4 is 16.0 Å². The molecule has 2 amide bonds. The lowest BCUT2D eigenvalue weighted by atomic mass is 10.1. The summed E-state index contributed by atoms with van der Waals surface area (Å²) < 4.78 is 0.835. The van der Waals surface area contributed by atoms with Gasteiger partial charge in [0.2, 0.25) is 11.0 Å². The van der Waals surface area contributed by atoms with Crippen molar-refractivity contribution in [2.45, 2.75) is 17.0 Å². The monoisotopic (exact) mass is 475 g/mol. The molecule has 1 heterocycles. The van der Waals surface area contributed by atoms with Crippen LogP contribution in [0.1, 0.15) is 22.8 Å². The summed E-state index contributed by atoms with van der Waals surface area (Å²) in [6, 6.07) is 24.3. The number of aromatic nitrogens is 2. The van der Waals surface area contributed by atoms with Crippen LogP contribution in [0.25, 0.3) is 0 Å². The van der Waals surface area contributed by atoms with E-state index in [1.807, 2.05) is 78.9 Å². The predicted octanol–water partition coefficient (Wildman–Crippen LogP) is 5.78. The van der Waals surface area contributed by atoms with Crippen molar-refractivity contribution in [2.24, 2.45) is 0 Å². The second kappa shape index (κ2) is 10.8. The molecular formula is C24H21N5O2S2. The quantitative estimate of drug-likeness (QED) is 0.279. The molecule has 7 nitrogen and oxygen atoms in total. The van der Waals surface area contributed by atoms with Crippen LogP contribution in [0.3, 0.4) is 0 Å². The molecule has 0 atom stereocenters. The van der Waals surface area contributed by atoms with Crippen LogP contribution in [0.2, 0.25) is 0 Å². The summed E-state index contributed by atoms with van der Waals surface area (Å²) in [7, 11) is 0. The number of nitrogens with one attached hydrogen (secondary N) is 3. The van der Waals surface area contributed by atoms with Crippen molar-refractivity contribution in [3.05, 3.63) is 90.0 Å². The number of carbonyl (C=O) groups excluding carboxylic acids is 2. The first kappa shape index (κ1) is 22.5. The topological polar surface area (TPSA) is 96.0 Å². The van der Waals surface area contributed by atoms with Crippen LogP contribution in [-0.2, 0) is 10.5 Å². The Labute approximate surface area is 199 Å². The number of anilines is 4. The summed E-state index contributed by atoms with van der Waals surface area (Å²) in [6.45, 7) is 1.47. The fourth-order valence-corrected chi connectivity index (χ4v) is 4.67. The second-order valence-corrected chi connectivity index (χ2v) is 9.27. The lowest BCUT2D eigenvalue weighted by Gasteiger charge is -2.06. The van der Waals surface area contributed by atoms with E-state index in [1.54, 1.807) is 11.8 Å². The van der Waals surface area contributed by atoms with Crippen molar-refractivity contribution < 1.29 is 9.59 Å². The number of thioether (sulfide) groups is 1. The summed E-state index contributed by atoms with van der Waals surface area (Å²) in [5.74, 6) is 0.460. The lowest BCUT2D eigenvalue weighted by Crippen LogP contribution is -2.11. The first-order chi connectivity index (χ1) is 16.0. The van der Waals surface area contributed by atoms with Crippen molar-refractivity contribution >= 4 is 57.1 Å². The third kappa shape index (κ3) is 6.64. The fourth-order valence-electron chi connectivity index (χ4n) is 2.94. The molecule has 0 saturated heterocycles. The molecule has 0 aliphatic carbocycles. The maximum atomic E-state index is 12.4. The molecule has 4 aromatic rings. The Morgan fingerprint density at radius 1 is 0.848 bits per heavy atom. The SMILES string of the molecule is CC(=O)Nc1cccc(Nc2nnc(SCc3ccc(C(=O)Nc4ccccc4)cc3)s2)c1. The Morgan fingerprint density at radius 3 is 2.33 bits per heavy atom. The average molecular weight is 476 g/mol. The van der Waals surface area contributed by atoms with E-state index in [9.17, 15) is 9.59 Å². The van der Waals surface area contributed by atoms with E-state index in [0.29, 0.717) is 22.1 Å². The number of rotatable bonds is 8. The van der Waals surface area contributed by atoms with Crippen LogP contribution in [0.4, 0.5) is 22.2 Å². The molecule has 9 heteroatoms. The summed E-state index contributed by atoms with van der Waals surface area (Å²) >= 11 is 3.03. The molecule has 3 N–H and O–H groups in total. The highest BCUT2D eigenvalue weighted by molar-refractivity contribution is 8.00. The maximum absolute atomic E-state index is 12.4. The summed E-state index contributed by atoms with van der Waals surface area (Å²) in [4.78, 5) is 23.6. The van der Waals surface area contributed by atoms with Crippen LogP contribution in [0.15, 0.2) is 83.2 Å². The van der Waals surface area contributed by atoms with Crippen molar-refractivity contribution in [3.63, 3.8) is 0 Å². The molecule has 0 aliphatic heterocycles. The maximum Gasteiger partial charge on any atom is 0.255 e. The summed E-state index contributed by atoms with van der Waals surface area (Å²) in [6.07, 6.45) is 0. The van der Waals surface area contributed by atoms with Crippen LogP contribution in [0, 0.1) is 0 Å². The zero-order valence-electron chi connectivity index (χ0n) is 17.7. The second-order valence-electron chi connectivity index (χ2n) is 7.07. The molecular weight excluding hydrogens is 454 g/mol. The zero-order chi connectivity index (χ0) is 23.0. The molecule has 0 radical (unpaired) electrons. The van der Waals surface area contributed by atoms with Crippen molar-refractivity contribution in [3.8, 4) is 0 Å². The standard InChI is InChI=1S/C24H21N5O2S2/c1-16(30)25-20-8-5-9-21(14-20)27-23-28-29-24(33-23)32-15-17-10-12-18(13-11-17)22(31)26-19-6-3-2-4-7-19/h2-14H,15H2,1H3,(H,25,30)(H,26,31)(H,27,28). The highest BCUT2D eigenvalue weighted by atomic mass is 32.2. The molecule has 166 valence electrons. The summed E-state index contributed by atoms with van der Waals surface area (Å²) in [5, 5.41) is 17.9. The molecule has 0 fully saturated rings. The first-order valence-corrected chi connectivity index (χ1v) is 11.9. The van der Waals surface area contributed by atoms with Gasteiger partial charge in [0, 0.05) is 35.3 Å². The van der Waals surface area contributed by atoms with E-state index < -0.39 is 0 Å². The Balaban J connectivity index is 1.30. The van der Waals surface area contributed by atoms with Gasteiger partial charge in [-0.2, -0.15) is 0 Å². The molecule has 0 aliphatic rings. The normalized spacial score (nSPS) is 10.5. The number of benzene rings is 3. The van der Waals surface area contributed by atoms with Gasteiger partial charge in [-0.15, -0.1) is 10.2 Å². The molecule has 3 aromatic carbocycles. The number of hydrogen-bond acceptors (Lipinski definition) is 7. The average Bonchev–Trinajstić information content (AvgIpc) is 3.26. The minimum absolute atomic E-state index is 0.119. The fraction of sp³-hybridized carbons (Fsp3) is 0.0833. The van der Waals surface area contributed by atoms with Gasteiger partial charge in [0.15, 0.2) is 4.34 Å². The van der Waals surface area contributed by atoms with E-state index in [0.717, 1.165) is 21.3 Å². The van der Waals surface area contributed by atoms with Crippen LogP contribution in [0.5, 0.6) is 0 Å². The Bertz CT molecular complexity index is 1240. The van der Waals surface area contributed by atoms with Gasteiger partial charge in [-0.3, -0.25) is 9.59 Å². The molecule has 33 heavy (non-hydrogen) atoms.